The number of ether oxygens (including phenoxy) is 1. The zero-order valence-corrected chi connectivity index (χ0v) is 10.7. The van der Waals surface area contributed by atoms with Gasteiger partial charge in [0.05, 0.1) is 12.0 Å². The van der Waals surface area contributed by atoms with Crippen LogP contribution in [0.4, 0.5) is 4.39 Å². The van der Waals surface area contributed by atoms with Crippen LogP contribution in [0, 0.1) is 5.82 Å². The van der Waals surface area contributed by atoms with Crippen LogP contribution in [0.3, 0.4) is 0 Å². The third-order valence-corrected chi connectivity index (χ3v) is 3.45. The Bertz CT molecular complexity index is 467. The number of esters is 1. The van der Waals surface area contributed by atoms with E-state index in [1.807, 2.05) is 0 Å². The van der Waals surface area contributed by atoms with Crippen LogP contribution in [0.5, 0.6) is 0 Å². The lowest BCUT2D eigenvalue weighted by atomic mass is 9.92. The van der Waals surface area contributed by atoms with Crippen LogP contribution in [0.25, 0.3) is 0 Å². The first-order valence-electron chi connectivity index (χ1n) is 6.24. The molecule has 0 heterocycles. The Morgan fingerprint density at radius 1 is 1.56 bits per heavy atom. The Kier molecular flexibility index (Phi) is 3.39. The van der Waals surface area contributed by atoms with Crippen LogP contribution in [-0.2, 0) is 14.9 Å². The van der Waals surface area contributed by atoms with E-state index in [4.69, 9.17) is 10.5 Å². The van der Waals surface area contributed by atoms with Gasteiger partial charge in [-0.3, -0.25) is 4.79 Å². The highest BCUT2D eigenvalue weighted by atomic mass is 19.1. The molecule has 98 valence electrons. The SMILES string of the molecule is CCOC(=O)C1(c2cccc(C(C)N)c2F)CC1. The van der Waals surface area contributed by atoms with Crippen molar-refractivity contribution in [3.05, 3.63) is 35.1 Å². The summed E-state index contributed by atoms with van der Waals surface area (Å²) in [4.78, 5) is 11.9. The molecule has 1 fully saturated rings. The third kappa shape index (κ3) is 2.01. The molecule has 0 spiro atoms. The van der Waals surface area contributed by atoms with Crippen LogP contribution < -0.4 is 5.73 Å². The van der Waals surface area contributed by atoms with E-state index in [0.717, 1.165) is 0 Å². The number of carbonyl (C=O) groups is 1. The van der Waals surface area contributed by atoms with E-state index in [-0.39, 0.29) is 17.8 Å². The molecule has 0 radical (unpaired) electrons. The fraction of sp³-hybridized carbons (Fsp3) is 0.500. The van der Waals surface area contributed by atoms with Gasteiger partial charge in [0.25, 0.3) is 0 Å². The maximum Gasteiger partial charge on any atom is 0.316 e. The van der Waals surface area contributed by atoms with Crippen molar-refractivity contribution in [2.24, 2.45) is 5.73 Å². The van der Waals surface area contributed by atoms with Crippen molar-refractivity contribution in [2.45, 2.75) is 38.1 Å². The molecule has 18 heavy (non-hydrogen) atoms. The summed E-state index contributed by atoms with van der Waals surface area (Å²) in [5, 5.41) is 0. The Labute approximate surface area is 106 Å². The first kappa shape index (κ1) is 13.0. The highest BCUT2D eigenvalue weighted by molar-refractivity contribution is 5.86. The van der Waals surface area contributed by atoms with Crippen molar-refractivity contribution in [1.82, 2.24) is 0 Å². The van der Waals surface area contributed by atoms with Crippen LogP contribution in [0.2, 0.25) is 0 Å². The summed E-state index contributed by atoms with van der Waals surface area (Å²) in [6.07, 6.45) is 1.29. The summed E-state index contributed by atoms with van der Waals surface area (Å²) in [6, 6.07) is 4.68. The predicted octanol–water partition coefficient (Wildman–Crippen LogP) is 2.44. The van der Waals surface area contributed by atoms with Gasteiger partial charge in [0.2, 0.25) is 0 Å². The topological polar surface area (TPSA) is 52.3 Å². The Morgan fingerprint density at radius 3 is 2.72 bits per heavy atom. The molecule has 0 bridgehead atoms. The van der Waals surface area contributed by atoms with Crippen LogP contribution >= 0.6 is 0 Å². The molecule has 0 amide bonds. The van der Waals surface area contributed by atoms with E-state index in [2.05, 4.69) is 0 Å². The minimum atomic E-state index is -0.773. The molecule has 1 aromatic carbocycles. The van der Waals surface area contributed by atoms with E-state index >= 15 is 0 Å². The Morgan fingerprint density at radius 2 is 2.22 bits per heavy atom. The number of nitrogens with two attached hydrogens (primary N) is 1. The average Bonchev–Trinajstić information content (AvgIpc) is 3.10. The summed E-state index contributed by atoms with van der Waals surface area (Å²) in [6.45, 7) is 3.80. The number of rotatable bonds is 4. The maximum atomic E-state index is 14.4. The van der Waals surface area contributed by atoms with Gasteiger partial charge in [0.15, 0.2) is 0 Å². The lowest BCUT2D eigenvalue weighted by molar-refractivity contribution is -0.146. The van der Waals surface area contributed by atoms with Gasteiger partial charge in [0.1, 0.15) is 5.82 Å². The highest BCUT2D eigenvalue weighted by Crippen LogP contribution is 2.50. The molecule has 4 heteroatoms. The number of carbonyl (C=O) groups excluding carboxylic acids is 1. The quantitative estimate of drug-likeness (QED) is 0.836. The van der Waals surface area contributed by atoms with E-state index < -0.39 is 5.41 Å². The molecular formula is C14H18FNO2. The van der Waals surface area contributed by atoms with Crippen molar-refractivity contribution in [1.29, 1.82) is 0 Å². The Hall–Kier alpha value is -1.42. The highest BCUT2D eigenvalue weighted by Gasteiger charge is 2.54. The minimum absolute atomic E-state index is 0.315. The monoisotopic (exact) mass is 251 g/mol. The van der Waals surface area contributed by atoms with E-state index in [1.165, 1.54) is 0 Å². The predicted molar refractivity (Wildman–Crippen MR) is 66.5 cm³/mol. The molecule has 2 N–H and O–H groups in total. The summed E-state index contributed by atoms with van der Waals surface area (Å²) >= 11 is 0. The summed E-state index contributed by atoms with van der Waals surface area (Å²) in [5.41, 5.74) is 5.83. The normalized spacial score (nSPS) is 18.2. The van der Waals surface area contributed by atoms with Gasteiger partial charge in [-0.05, 0) is 26.7 Å². The zero-order chi connectivity index (χ0) is 13.3. The number of benzene rings is 1. The van der Waals surface area contributed by atoms with E-state index in [1.54, 1.807) is 32.0 Å². The molecule has 1 atom stereocenters. The number of hydrogen-bond donors (Lipinski definition) is 1. The van der Waals surface area contributed by atoms with Crippen molar-refractivity contribution < 1.29 is 13.9 Å². The van der Waals surface area contributed by atoms with Gasteiger partial charge in [-0.25, -0.2) is 4.39 Å². The lowest BCUT2D eigenvalue weighted by Crippen LogP contribution is -2.25. The van der Waals surface area contributed by atoms with Crippen LogP contribution in [-0.4, -0.2) is 12.6 Å². The van der Waals surface area contributed by atoms with Gasteiger partial charge >= 0.3 is 5.97 Å². The maximum absolute atomic E-state index is 14.4. The minimum Gasteiger partial charge on any atom is -0.465 e. The molecule has 0 aliphatic heterocycles. The largest absolute Gasteiger partial charge is 0.465 e. The first-order chi connectivity index (χ1) is 8.53. The standard InChI is InChI=1S/C14H18FNO2/c1-3-18-13(17)14(7-8-14)11-6-4-5-10(9(2)16)12(11)15/h4-6,9H,3,7-8,16H2,1-2H3. The molecule has 1 saturated carbocycles. The van der Waals surface area contributed by atoms with Crippen molar-refractivity contribution in [2.75, 3.05) is 6.61 Å². The molecule has 2 rings (SSSR count). The van der Waals surface area contributed by atoms with Gasteiger partial charge in [0, 0.05) is 17.2 Å². The van der Waals surface area contributed by atoms with Crippen molar-refractivity contribution >= 4 is 5.97 Å². The summed E-state index contributed by atoms with van der Waals surface area (Å²) in [7, 11) is 0. The summed E-state index contributed by atoms with van der Waals surface area (Å²) in [5.74, 6) is -0.691. The molecule has 0 saturated heterocycles. The van der Waals surface area contributed by atoms with Crippen molar-refractivity contribution in [3.8, 4) is 0 Å². The van der Waals surface area contributed by atoms with Gasteiger partial charge in [-0.1, -0.05) is 18.2 Å². The molecular weight excluding hydrogens is 233 g/mol. The first-order valence-corrected chi connectivity index (χ1v) is 6.24. The molecule has 1 unspecified atom stereocenters. The fourth-order valence-electron chi connectivity index (χ4n) is 2.25. The molecule has 1 aromatic rings. The molecule has 3 nitrogen and oxygen atoms in total. The van der Waals surface area contributed by atoms with Gasteiger partial charge < -0.3 is 10.5 Å². The Balaban J connectivity index is 2.40. The third-order valence-electron chi connectivity index (χ3n) is 3.45. The second-order valence-corrected chi connectivity index (χ2v) is 4.80. The second kappa shape index (κ2) is 4.69. The molecule has 1 aliphatic carbocycles. The smallest absolute Gasteiger partial charge is 0.316 e. The average molecular weight is 251 g/mol. The van der Waals surface area contributed by atoms with Gasteiger partial charge in [-0.2, -0.15) is 0 Å². The van der Waals surface area contributed by atoms with Gasteiger partial charge in [-0.15, -0.1) is 0 Å². The van der Waals surface area contributed by atoms with Crippen LogP contribution in [0.1, 0.15) is 43.9 Å². The number of hydrogen-bond acceptors (Lipinski definition) is 3. The number of halogens is 1. The van der Waals surface area contributed by atoms with E-state index in [9.17, 15) is 9.18 Å². The lowest BCUT2D eigenvalue weighted by Gasteiger charge is -2.17. The summed E-state index contributed by atoms with van der Waals surface area (Å²) < 4.78 is 19.4. The molecule has 1 aliphatic rings. The van der Waals surface area contributed by atoms with Crippen LogP contribution in [0.15, 0.2) is 18.2 Å². The fourth-order valence-corrected chi connectivity index (χ4v) is 2.25. The van der Waals surface area contributed by atoms with Crippen molar-refractivity contribution in [3.63, 3.8) is 0 Å². The van der Waals surface area contributed by atoms with E-state index in [0.29, 0.717) is 30.6 Å². The second-order valence-electron chi connectivity index (χ2n) is 4.80. The zero-order valence-electron chi connectivity index (χ0n) is 10.7. The molecule has 0 aromatic heterocycles.